The summed E-state index contributed by atoms with van der Waals surface area (Å²) in [5, 5.41) is 3.74. The average molecular weight is 443 g/mol. The number of fused-ring (bicyclic) bond motifs is 1. The molecule has 2 aliphatic rings. The van der Waals surface area contributed by atoms with Gasteiger partial charge >= 0.3 is 0 Å². The van der Waals surface area contributed by atoms with Gasteiger partial charge in [-0.2, -0.15) is 0 Å². The predicted molar refractivity (Wildman–Crippen MR) is 125 cm³/mol. The first kappa shape index (κ1) is 21.9. The van der Waals surface area contributed by atoms with E-state index >= 15 is 0 Å². The number of ether oxygens (including phenoxy) is 1. The van der Waals surface area contributed by atoms with Crippen LogP contribution >= 0.6 is 11.6 Å². The summed E-state index contributed by atoms with van der Waals surface area (Å²) >= 11 is 5.90. The molecule has 2 aromatic carbocycles. The zero-order chi connectivity index (χ0) is 21.8. The van der Waals surface area contributed by atoms with Crippen LogP contribution in [-0.4, -0.2) is 75.7 Å². The fraction of sp³-hybridized carbons (Fsp3) is 0.458. The van der Waals surface area contributed by atoms with E-state index in [0.29, 0.717) is 17.3 Å². The van der Waals surface area contributed by atoms with Crippen molar-refractivity contribution in [1.29, 1.82) is 0 Å². The van der Waals surface area contributed by atoms with Crippen LogP contribution in [-0.2, 0) is 11.2 Å². The zero-order valence-electron chi connectivity index (χ0n) is 18.3. The number of likely N-dealkylation sites (N-methyl/N-ethyl adjacent to an activating group) is 2. The molecule has 0 radical (unpaired) electrons. The van der Waals surface area contributed by atoms with Gasteiger partial charge < -0.3 is 19.9 Å². The molecule has 0 aromatic heterocycles. The van der Waals surface area contributed by atoms with Gasteiger partial charge in [-0.15, -0.1) is 0 Å². The first-order chi connectivity index (χ1) is 15.0. The molecule has 1 saturated heterocycles. The Morgan fingerprint density at radius 3 is 2.55 bits per heavy atom. The lowest BCUT2D eigenvalue weighted by Crippen LogP contribution is -2.48. The van der Waals surface area contributed by atoms with Gasteiger partial charge in [-0.1, -0.05) is 23.7 Å². The number of benzene rings is 2. The third-order valence-corrected chi connectivity index (χ3v) is 6.52. The van der Waals surface area contributed by atoms with Crippen LogP contribution in [0, 0.1) is 0 Å². The van der Waals surface area contributed by atoms with Crippen LogP contribution in [0.25, 0.3) is 0 Å². The van der Waals surface area contributed by atoms with E-state index in [1.165, 1.54) is 16.8 Å². The Kier molecular flexibility index (Phi) is 7.00. The monoisotopic (exact) mass is 442 g/mol. The number of hydrogen-bond acceptors (Lipinski definition) is 5. The SMILES string of the molecule is CN1CCN([C@@H](CNC(=O)COc2ccc(Cl)cc2)c2ccc3c(c2)CCN3C)CC1. The summed E-state index contributed by atoms with van der Waals surface area (Å²) in [7, 11) is 4.30. The summed E-state index contributed by atoms with van der Waals surface area (Å²) in [6.07, 6.45) is 1.08. The molecule has 6 nitrogen and oxygen atoms in total. The third-order valence-electron chi connectivity index (χ3n) is 6.27. The molecule has 166 valence electrons. The van der Waals surface area contributed by atoms with Crippen molar-refractivity contribution in [3.05, 3.63) is 58.6 Å². The number of rotatable bonds is 7. The number of carbonyl (C=O) groups excluding carboxylic acids is 1. The molecular weight excluding hydrogens is 412 g/mol. The molecule has 2 aromatic rings. The van der Waals surface area contributed by atoms with Crippen LogP contribution in [0.3, 0.4) is 0 Å². The van der Waals surface area contributed by atoms with Crippen molar-refractivity contribution in [1.82, 2.24) is 15.1 Å². The molecule has 0 bridgehead atoms. The van der Waals surface area contributed by atoms with E-state index in [9.17, 15) is 4.79 Å². The van der Waals surface area contributed by atoms with E-state index in [0.717, 1.165) is 39.1 Å². The van der Waals surface area contributed by atoms with Crippen molar-refractivity contribution in [3.63, 3.8) is 0 Å². The fourth-order valence-electron chi connectivity index (χ4n) is 4.33. The van der Waals surface area contributed by atoms with Crippen molar-refractivity contribution >= 4 is 23.2 Å². The van der Waals surface area contributed by atoms with Crippen LogP contribution in [0.4, 0.5) is 5.69 Å². The zero-order valence-corrected chi connectivity index (χ0v) is 19.1. The van der Waals surface area contributed by atoms with Crippen LogP contribution < -0.4 is 15.0 Å². The number of carbonyl (C=O) groups is 1. The fourth-order valence-corrected chi connectivity index (χ4v) is 4.45. The van der Waals surface area contributed by atoms with Gasteiger partial charge in [0.1, 0.15) is 5.75 Å². The average Bonchev–Trinajstić information content (AvgIpc) is 3.15. The maximum Gasteiger partial charge on any atom is 0.258 e. The van der Waals surface area contributed by atoms with Crippen LogP contribution in [0.2, 0.25) is 5.02 Å². The van der Waals surface area contributed by atoms with Gasteiger partial charge in [-0.25, -0.2) is 0 Å². The lowest BCUT2D eigenvalue weighted by atomic mass is 10.00. The predicted octanol–water partition coefficient (Wildman–Crippen LogP) is 2.82. The second-order valence-electron chi connectivity index (χ2n) is 8.46. The number of amides is 1. The molecule has 1 fully saturated rings. The number of piperazine rings is 1. The van der Waals surface area contributed by atoms with Gasteiger partial charge in [0.25, 0.3) is 5.91 Å². The molecule has 7 heteroatoms. The summed E-state index contributed by atoms with van der Waals surface area (Å²) in [5.74, 6) is 0.521. The molecule has 1 atom stereocenters. The first-order valence-corrected chi connectivity index (χ1v) is 11.3. The molecule has 0 saturated carbocycles. The lowest BCUT2D eigenvalue weighted by molar-refractivity contribution is -0.123. The molecule has 1 amide bonds. The van der Waals surface area contributed by atoms with Gasteiger partial charge in [0.15, 0.2) is 6.61 Å². The molecular formula is C24H31ClN4O2. The highest BCUT2D eigenvalue weighted by Crippen LogP contribution is 2.31. The molecule has 2 heterocycles. The number of nitrogens with zero attached hydrogens (tertiary/aromatic N) is 3. The molecule has 2 aliphatic heterocycles. The Balaban J connectivity index is 1.41. The minimum absolute atomic E-state index is 0.00786. The highest BCUT2D eigenvalue weighted by atomic mass is 35.5. The van der Waals surface area contributed by atoms with E-state index in [1.54, 1.807) is 24.3 Å². The third kappa shape index (κ3) is 5.50. The standard InChI is InChI=1S/C24H31ClN4O2/c1-27-11-13-29(14-12-27)23(18-3-8-22-19(15-18)9-10-28(22)2)16-26-24(30)17-31-21-6-4-20(25)5-7-21/h3-8,15,23H,9-14,16-17H2,1-2H3,(H,26,30)/t23-/m0/s1. The Morgan fingerprint density at radius 2 is 1.81 bits per heavy atom. The molecule has 1 N–H and O–H groups in total. The molecule has 4 rings (SSSR count). The Labute approximate surface area is 189 Å². The van der Waals surface area contributed by atoms with E-state index in [2.05, 4.69) is 52.3 Å². The summed E-state index contributed by atoms with van der Waals surface area (Å²) in [4.78, 5) is 19.6. The van der Waals surface area contributed by atoms with Gasteiger partial charge in [0, 0.05) is 57.0 Å². The minimum Gasteiger partial charge on any atom is -0.484 e. The van der Waals surface area contributed by atoms with Gasteiger partial charge in [0.05, 0.1) is 6.04 Å². The molecule has 0 unspecified atom stereocenters. The normalized spacial score (nSPS) is 18.0. The quantitative estimate of drug-likeness (QED) is 0.714. The second-order valence-corrected chi connectivity index (χ2v) is 8.90. The number of nitrogens with one attached hydrogen (secondary N) is 1. The summed E-state index contributed by atoms with van der Waals surface area (Å²) in [6, 6.07) is 14.0. The molecule has 0 aliphatic carbocycles. The molecule has 0 spiro atoms. The van der Waals surface area contributed by atoms with E-state index in [1.807, 2.05) is 0 Å². The van der Waals surface area contributed by atoms with Gasteiger partial charge in [-0.05, 0) is 54.9 Å². The van der Waals surface area contributed by atoms with Crippen LogP contribution in [0.5, 0.6) is 5.75 Å². The van der Waals surface area contributed by atoms with Crippen molar-refractivity contribution in [2.75, 3.05) is 64.9 Å². The second kappa shape index (κ2) is 9.90. The van der Waals surface area contributed by atoms with Gasteiger partial charge in [0.2, 0.25) is 0 Å². The maximum absolute atomic E-state index is 12.5. The minimum atomic E-state index is -0.116. The number of halogens is 1. The number of hydrogen-bond donors (Lipinski definition) is 1. The summed E-state index contributed by atoms with van der Waals surface area (Å²) < 4.78 is 5.60. The van der Waals surface area contributed by atoms with E-state index in [4.69, 9.17) is 16.3 Å². The first-order valence-electron chi connectivity index (χ1n) is 10.9. The van der Waals surface area contributed by atoms with Crippen molar-refractivity contribution < 1.29 is 9.53 Å². The smallest absolute Gasteiger partial charge is 0.258 e. The highest BCUT2D eigenvalue weighted by Gasteiger charge is 2.26. The maximum atomic E-state index is 12.5. The summed E-state index contributed by atoms with van der Waals surface area (Å²) in [5.41, 5.74) is 4.00. The van der Waals surface area contributed by atoms with Gasteiger partial charge in [-0.3, -0.25) is 9.69 Å². The van der Waals surface area contributed by atoms with Crippen LogP contribution in [0.15, 0.2) is 42.5 Å². The van der Waals surface area contributed by atoms with Crippen molar-refractivity contribution in [2.24, 2.45) is 0 Å². The van der Waals surface area contributed by atoms with E-state index in [-0.39, 0.29) is 18.6 Å². The Morgan fingerprint density at radius 1 is 1.06 bits per heavy atom. The Bertz CT molecular complexity index is 897. The highest BCUT2D eigenvalue weighted by molar-refractivity contribution is 6.30. The summed E-state index contributed by atoms with van der Waals surface area (Å²) in [6.45, 7) is 5.70. The van der Waals surface area contributed by atoms with E-state index < -0.39 is 0 Å². The van der Waals surface area contributed by atoms with Crippen molar-refractivity contribution in [3.8, 4) is 5.75 Å². The largest absolute Gasteiger partial charge is 0.484 e. The lowest BCUT2D eigenvalue weighted by Gasteiger charge is -2.38. The van der Waals surface area contributed by atoms with Crippen LogP contribution in [0.1, 0.15) is 17.2 Å². The molecule has 31 heavy (non-hydrogen) atoms. The topological polar surface area (TPSA) is 48.1 Å². The van der Waals surface area contributed by atoms with Crippen molar-refractivity contribution in [2.45, 2.75) is 12.5 Å². The Hall–Kier alpha value is -2.28. The number of anilines is 1.